The number of carbonyl (C=O) groups is 1. The van der Waals surface area contributed by atoms with Crippen LogP contribution in [-0.4, -0.2) is 30.3 Å². The monoisotopic (exact) mass is 278 g/mol. The molecule has 5 heteroatoms. The summed E-state index contributed by atoms with van der Waals surface area (Å²) in [5, 5.41) is 12.6. The fourth-order valence-corrected chi connectivity index (χ4v) is 2.72. The summed E-state index contributed by atoms with van der Waals surface area (Å²) in [6, 6.07) is 4.94. The van der Waals surface area contributed by atoms with Gasteiger partial charge in [-0.3, -0.25) is 4.79 Å². The molecule has 1 aromatic rings. The van der Waals surface area contributed by atoms with Gasteiger partial charge in [0, 0.05) is 5.56 Å². The number of ether oxygens (including phenoxy) is 1. The molecule has 0 bridgehead atoms. The van der Waals surface area contributed by atoms with Gasteiger partial charge >= 0.3 is 0 Å². The van der Waals surface area contributed by atoms with Gasteiger partial charge in [-0.05, 0) is 31.0 Å². The van der Waals surface area contributed by atoms with Crippen LogP contribution in [0.15, 0.2) is 18.2 Å². The van der Waals surface area contributed by atoms with E-state index >= 15 is 0 Å². The molecule has 0 spiro atoms. The SMILES string of the molecule is COc1cc(C(=O)NC2(CO)CCCCC2)ccc1N. The summed E-state index contributed by atoms with van der Waals surface area (Å²) in [6.07, 6.45) is 4.87. The highest BCUT2D eigenvalue weighted by Crippen LogP contribution is 2.29. The van der Waals surface area contributed by atoms with Gasteiger partial charge in [0.05, 0.1) is 24.9 Å². The first-order chi connectivity index (χ1) is 9.60. The fourth-order valence-electron chi connectivity index (χ4n) is 2.72. The van der Waals surface area contributed by atoms with Crippen LogP contribution in [0.2, 0.25) is 0 Å². The quantitative estimate of drug-likeness (QED) is 0.732. The second-order valence-electron chi connectivity index (χ2n) is 5.41. The number of nitrogens with one attached hydrogen (secondary N) is 1. The van der Waals surface area contributed by atoms with Gasteiger partial charge in [-0.1, -0.05) is 19.3 Å². The summed E-state index contributed by atoms with van der Waals surface area (Å²) in [7, 11) is 1.52. The molecule has 1 saturated carbocycles. The summed E-state index contributed by atoms with van der Waals surface area (Å²) in [5.41, 5.74) is 6.25. The van der Waals surface area contributed by atoms with Crippen molar-refractivity contribution in [3.05, 3.63) is 23.8 Å². The molecule has 0 atom stereocenters. The van der Waals surface area contributed by atoms with Crippen LogP contribution in [0.3, 0.4) is 0 Å². The molecule has 1 fully saturated rings. The molecule has 1 aliphatic carbocycles. The van der Waals surface area contributed by atoms with E-state index in [0.29, 0.717) is 17.0 Å². The van der Waals surface area contributed by atoms with Crippen molar-refractivity contribution in [3.63, 3.8) is 0 Å². The summed E-state index contributed by atoms with van der Waals surface area (Å²) >= 11 is 0. The zero-order chi connectivity index (χ0) is 14.6. The van der Waals surface area contributed by atoms with Crippen LogP contribution in [0.25, 0.3) is 0 Å². The molecule has 110 valence electrons. The Morgan fingerprint density at radius 2 is 2.10 bits per heavy atom. The number of hydrogen-bond acceptors (Lipinski definition) is 4. The maximum Gasteiger partial charge on any atom is 0.251 e. The van der Waals surface area contributed by atoms with Crippen LogP contribution in [0.4, 0.5) is 5.69 Å². The lowest BCUT2D eigenvalue weighted by molar-refractivity contribution is 0.0758. The molecule has 0 aromatic heterocycles. The van der Waals surface area contributed by atoms with Crippen LogP contribution >= 0.6 is 0 Å². The van der Waals surface area contributed by atoms with Crippen molar-refractivity contribution in [1.82, 2.24) is 5.32 Å². The molecule has 1 amide bonds. The molecule has 0 aliphatic heterocycles. The molecular formula is C15H22N2O3. The van der Waals surface area contributed by atoms with Gasteiger partial charge in [-0.15, -0.1) is 0 Å². The molecular weight excluding hydrogens is 256 g/mol. The smallest absolute Gasteiger partial charge is 0.251 e. The topological polar surface area (TPSA) is 84.6 Å². The summed E-state index contributed by atoms with van der Waals surface area (Å²) in [4.78, 5) is 12.3. The number of nitrogens with two attached hydrogens (primary N) is 1. The van der Waals surface area contributed by atoms with Gasteiger partial charge < -0.3 is 20.9 Å². The van der Waals surface area contributed by atoms with Crippen molar-refractivity contribution >= 4 is 11.6 Å². The second-order valence-corrected chi connectivity index (χ2v) is 5.41. The Hall–Kier alpha value is -1.75. The van der Waals surface area contributed by atoms with Crippen LogP contribution in [0, 0.1) is 0 Å². The average Bonchev–Trinajstić information content (AvgIpc) is 2.48. The van der Waals surface area contributed by atoms with Gasteiger partial charge in [0.2, 0.25) is 0 Å². The number of aliphatic hydroxyl groups is 1. The van der Waals surface area contributed by atoms with Crippen LogP contribution in [0.1, 0.15) is 42.5 Å². The van der Waals surface area contributed by atoms with E-state index in [0.717, 1.165) is 32.1 Å². The van der Waals surface area contributed by atoms with E-state index in [1.165, 1.54) is 7.11 Å². The first-order valence-electron chi connectivity index (χ1n) is 6.97. The molecule has 20 heavy (non-hydrogen) atoms. The highest BCUT2D eigenvalue weighted by molar-refractivity contribution is 5.95. The minimum Gasteiger partial charge on any atom is -0.495 e. The first kappa shape index (κ1) is 14.7. The number of amides is 1. The number of methoxy groups -OCH3 is 1. The van der Waals surface area contributed by atoms with Crippen LogP contribution < -0.4 is 15.8 Å². The first-order valence-corrected chi connectivity index (χ1v) is 6.97. The molecule has 0 radical (unpaired) electrons. The lowest BCUT2D eigenvalue weighted by Crippen LogP contribution is -2.52. The molecule has 0 saturated heterocycles. The number of nitrogen functional groups attached to an aromatic ring is 1. The van der Waals surface area contributed by atoms with Crippen LogP contribution in [0.5, 0.6) is 5.75 Å². The van der Waals surface area contributed by atoms with E-state index in [-0.39, 0.29) is 12.5 Å². The van der Waals surface area contributed by atoms with E-state index in [1.807, 2.05) is 0 Å². The largest absolute Gasteiger partial charge is 0.495 e. The van der Waals surface area contributed by atoms with Gasteiger partial charge in [-0.25, -0.2) is 0 Å². The second kappa shape index (κ2) is 6.13. The van der Waals surface area contributed by atoms with E-state index in [2.05, 4.69) is 5.32 Å². The molecule has 4 N–H and O–H groups in total. The van der Waals surface area contributed by atoms with E-state index in [1.54, 1.807) is 18.2 Å². The molecule has 1 aromatic carbocycles. The van der Waals surface area contributed by atoms with E-state index in [9.17, 15) is 9.90 Å². The van der Waals surface area contributed by atoms with Crippen molar-refractivity contribution in [2.75, 3.05) is 19.5 Å². The van der Waals surface area contributed by atoms with Crippen molar-refractivity contribution < 1.29 is 14.6 Å². The highest BCUT2D eigenvalue weighted by Gasteiger charge is 2.33. The Morgan fingerprint density at radius 1 is 1.40 bits per heavy atom. The van der Waals surface area contributed by atoms with Crippen LogP contribution in [-0.2, 0) is 0 Å². The predicted molar refractivity (Wildman–Crippen MR) is 77.8 cm³/mol. The van der Waals surface area contributed by atoms with Gasteiger partial charge in [-0.2, -0.15) is 0 Å². The Morgan fingerprint density at radius 3 is 2.70 bits per heavy atom. The Kier molecular flexibility index (Phi) is 4.49. The van der Waals surface area contributed by atoms with Crippen molar-refractivity contribution in [2.45, 2.75) is 37.6 Å². The predicted octanol–water partition coefficient (Wildman–Crippen LogP) is 1.70. The van der Waals surface area contributed by atoms with Crippen molar-refractivity contribution in [2.24, 2.45) is 0 Å². The molecule has 0 heterocycles. The average molecular weight is 278 g/mol. The zero-order valence-corrected chi connectivity index (χ0v) is 11.8. The third-order valence-corrected chi connectivity index (χ3v) is 3.99. The molecule has 5 nitrogen and oxygen atoms in total. The summed E-state index contributed by atoms with van der Waals surface area (Å²) < 4.78 is 5.12. The minimum atomic E-state index is -0.482. The fraction of sp³-hybridized carbons (Fsp3) is 0.533. The number of aliphatic hydroxyl groups excluding tert-OH is 1. The molecule has 1 aliphatic rings. The normalized spacial score (nSPS) is 17.5. The van der Waals surface area contributed by atoms with Crippen molar-refractivity contribution in [1.29, 1.82) is 0 Å². The number of carbonyl (C=O) groups excluding carboxylic acids is 1. The lowest BCUT2D eigenvalue weighted by atomic mass is 9.82. The van der Waals surface area contributed by atoms with Gasteiger partial charge in [0.25, 0.3) is 5.91 Å². The maximum atomic E-state index is 12.3. The third kappa shape index (κ3) is 3.04. The number of rotatable bonds is 4. The lowest BCUT2D eigenvalue weighted by Gasteiger charge is -2.36. The minimum absolute atomic E-state index is 0.0230. The van der Waals surface area contributed by atoms with E-state index < -0.39 is 5.54 Å². The number of benzene rings is 1. The Labute approximate surface area is 119 Å². The summed E-state index contributed by atoms with van der Waals surface area (Å²) in [5.74, 6) is 0.290. The molecule has 0 unspecified atom stereocenters. The maximum absolute atomic E-state index is 12.3. The van der Waals surface area contributed by atoms with Gasteiger partial charge in [0.15, 0.2) is 0 Å². The molecule has 2 rings (SSSR count). The third-order valence-electron chi connectivity index (χ3n) is 3.99. The zero-order valence-electron chi connectivity index (χ0n) is 11.8. The summed E-state index contributed by atoms with van der Waals surface area (Å²) in [6.45, 7) is -0.0230. The number of anilines is 1. The number of hydrogen-bond donors (Lipinski definition) is 3. The standard InChI is InChI=1S/C15H22N2O3/c1-20-13-9-11(5-6-12(13)16)14(19)17-15(10-18)7-3-2-4-8-15/h5-6,9,18H,2-4,7-8,10,16H2,1H3,(H,17,19). The Balaban J connectivity index is 2.14. The van der Waals surface area contributed by atoms with E-state index in [4.69, 9.17) is 10.5 Å². The van der Waals surface area contributed by atoms with Crippen molar-refractivity contribution in [3.8, 4) is 5.75 Å². The van der Waals surface area contributed by atoms with Gasteiger partial charge in [0.1, 0.15) is 5.75 Å². The Bertz CT molecular complexity index is 482. The highest BCUT2D eigenvalue weighted by atomic mass is 16.5.